The number of rotatable bonds is 3. The molecule has 0 saturated carbocycles. The maximum Gasteiger partial charge on any atom is 0.263 e. The van der Waals surface area contributed by atoms with Crippen LogP contribution in [0.25, 0.3) is 22.5 Å². The molecule has 0 radical (unpaired) electrons. The van der Waals surface area contributed by atoms with Gasteiger partial charge in [-0.3, -0.25) is 9.36 Å². The summed E-state index contributed by atoms with van der Waals surface area (Å²) in [6.45, 7) is 6.47. The van der Waals surface area contributed by atoms with E-state index in [2.05, 4.69) is 21.9 Å². The standard InChI is InChI=1S/C24H24N4O2/c1-14-5-4-6-17(9-14)23-27-21(16(3)30-23)12-28-13-25-22-19(24(28)29)11-18-10-15(2)7-8-20(18)26-22/h4-6,9,11,13,15H,7-8,10,12H2,1-3H3/t15-/m0/s1. The first-order valence-corrected chi connectivity index (χ1v) is 10.4. The van der Waals surface area contributed by atoms with Crippen LogP contribution in [-0.2, 0) is 19.4 Å². The Kier molecular flexibility index (Phi) is 4.50. The van der Waals surface area contributed by atoms with E-state index in [0.29, 0.717) is 35.1 Å². The fraction of sp³-hybridized carbons (Fsp3) is 0.333. The van der Waals surface area contributed by atoms with E-state index in [9.17, 15) is 4.79 Å². The fourth-order valence-corrected chi connectivity index (χ4v) is 4.17. The Balaban J connectivity index is 1.51. The average Bonchev–Trinajstić information content (AvgIpc) is 3.09. The highest BCUT2D eigenvalue weighted by Crippen LogP contribution is 2.26. The van der Waals surface area contributed by atoms with E-state index in [1.165, 1.54) is 5.56 Å². The van der Waals surface area contributed by atoms with Gasteiger partial charge in [-0.05, 0) is 62.8 Å². The Morgan fingerprint density at radius 2 is 2.07 bits per heavy atom. The Morgan fingerprint density at radius 3 is 2.90 bits per heavy atom. The largest absolute Gasteiger partial charge is 0.441 e. The van der Waals surface area contributed by atoms with Crippen LogP contribution >= 0.6 is 0 Å². The molecule has 0 unspecified atom stereocenters. The minimum absolute atomic E-state index is 0.0898. The first-order chi connectivity index (χ1) is 14.5. The highest BCUT2D eigenvalue weighted by molar-refractivity contribution is 5.74. The number of pyridine rings is 1. The molecule has 0 N–H and O–H groups in total. The number of benzene rings is 1. The van der Waals surface area contributed by atoms with Crippen LogP contribution in [0.4, 0.5) is 0 Å². The number of oxazole rings is 1. The maximum atomic E-state index is 13.2. The molecule has 0 amide bonds. The van der Waals surface area contributed by atoms with Crippen LogP contribution in [0.2, 0.25) is 0 Å². The zero-order valence-corrected chi connectivity index (χ0v) is 17.5. The molecule has 1 atom stereocenters. The molecular formula is C24H24N4O2. The Bertz CT molecular complexity index is 1320. The average molecular weight is 400 g/mol. The second-order valence-electron chi connectivity index (χ2n) is 8.38. The third-order valence-corrected chi connectivity index (χ3v) is 5.90. The first kappa shape index (κ1) is 18.7. The molecule has 0 bridgehead atoms. The van der Waals surface area contributed by atoms with Crippen molar-refractivity contribution in [2.24, 2.45) is 5.92 Å². The van der Waals surface area contributed by atoms with Crippen LogP contribution in [0.15, 0.2) is 45.9 Å². The fourth-order valence-electron chi connectivity index (χ4n) is 4.17. The van der Waals surface area contributed by atoms with Gasteiger partial charge in [0.25, 0.3) is 5.56 Å². The third kappa shape index (κ3) is 3.32. The molecule has 0 spiro atoms. The van der Waals surface area contributed by atoms with E-state index in [1.54, 1.807) is 10.9 Å². The highest BCUT2D eigenvalue weighted by atomic mass is 16.4. The van der Waals surface area contributed by atoms with E-state index in [4.69, 9.17) is 4.42 Å². The first-order valence-electron chi connectivity index (χ1n) is 10.4. The van der Waals surface area contributed by atoms with Crippen LogP contribution in [0, 0.1) is 19.8 Å². The Morgan fingerprint density at radius 1 is 1.20 bits per heavy atom. The molecule has 1 aromatic carbocycles. The van der Waals surface area contributed by atoms with Crippen LogP contribution in [0.5, 0.6) is 0 Å². The summed E-state index contributed by atoms with van der Waals surface area (Å²) in [7, 11) is 0. The molecule has 0 aliphatic heterocycles. The molecule has 6 nitrogen and oxygen atoms in total. The van der Waals surface area contributed by atoms with Gasteiger partial charge < -0.3 is 4.42 Å². The van der Waals surface area contributed by atoms with Gasteiger partial charge in [0, 0.05) is 11.3 Å². The molecule has 1 aliphatic carbocycles. The van der Waals surface area contributed by atoms with Crippen molar-refractivity contribution < 1.29 is 4.42 Å². The molecule has 5 rings (SSSR count). The van der Waals surface area contributed by atoms with Gasteiger partial charge >= 0.3 is 0 Å². The summed E-state index contributed by atoms with van der Waals surface area (Å²) >= 11 is 0. The van der Waals surface area contributed by atoms with Crippen LogP contribution in [-0.4, -0.2) is 19.5 Å². The summed E-state index contributed by atoms with van der Waals surface area (Å²) in [6.07, 6.45) is 4.62. The lowest BCUT2D eigenvalue weighted by Gasteiger charge is -2.20. The summed E-state index contributed by atoms with van der Waals surface area (Å²) in [6, 6.07) is 10.0. The van der Waals surface area contributed by atoms with E-state index < -0.39 is 0 Å². The predicted molar refractivity (Wildman–Crippen MR) is 116 cm³/mol. The zero-order chi connectivity index (χ0) is 20.8. The van der Waals surface area contributed by atoms with Crippen molar-refractivity contribution in [2.45, 2.75) is 46.6 Å². The van der Waals surface area contributed by atoms with Crippen LogP contribution in [0.3, 0.4) is 0 Å². The Labute approximate surface area is 174 Å². The van der Waals surface area contributed by atoms with Gasteiger partial charge in [-0.25, -0.2) is 15.0 Å². The van der Waals surface area contributed by atoms with Gasteiger partial charge in [-0.1, -0.05) is 24.6 Å². The van der Waals surface area contributed by atoms with E-state index >= 15 is 0 Å². The molecule has 152 valence electrons. The molecule has 0 fully saturated rings. The monoisotopic (exact) mass is 400 g/mol. The smallest absolute Gasteiger partial charge is 0.263 e. The second-order valence-corrected chi connectivity index (χ2v) is 8.38. The number of aryl methyl sites for hydroxylation is 3. The molecule has 3 heterocycles. The zero-order valence-electron chi connectivity index (χ0n) is 17.5. The molecule has 6 heteroatoms. The molecule has 3 aromatic heterocycles. The summed E-state index contributed by atoms with van der Waals surface area (Å²) in [5, 5.41) is 0.574. The minimum Gasteiger partial charge on any atom is -0.441 e. The second kappa shape index (κ2) is 7.20. The SMILES string of the molecule is Cc1cccc(-c2nc(Cn3cnc4nc5c(cc4c3=O)C[C@@H](C)CC5)c(C)o2)c1. The minimum atomic E-state index is -0.0898. The predicted octanol–water partition coefficient (Wildman–Crippen LogP) is 4.24. The summed E-state index contributed by atoms with van der Waals surface area (Å²) in [4.78, 5) is 26.9. The van der Waals surface area contributed by atoms with Crippen molar-refractivity contribution >= 4 is 11.0 Å². The lowest BCUT2D eigenvalue weighted by Crippen LogP contribution is -2.23. The molecule has 1 aliphatic rings. The van der Waals surface area contributed by atoms with Crippen molar-refractivity contribution in [3.8, 4) is 11.5 Å². The van der Waals surface area contributed by atoms with Gasteiger partial charge in [0.2, 0.25) is 5.89 Å². The Hall–Kier alpha value is -3.28. The van der Waals surface area contributed by atoms with E-state index in [-0.39, 0.29) is 5.56 Å². The lowest BCUT2D eigenvalue weighted by atomic mass is 9.87. The topological polar surface area (TPSA) is 73.8 Å². The molecule has 0 saturated heterocycles. The molecule has 30 heavy (non-hydrogen) atoms. The van der Waals surface area contributed by atoms with Crippen molar-refractivity contribution in [2.75, 3.05) is 0 Å². The third-order valence-electron chi connectivity index (χ3n) is 5.90. The number of fused-ring (bicyclic) bond motifs is 2. The van der Waals surface area contributed by atoms with Gasteiger partial charge in [0.15, 0.2) is 5.65 Å². The molecular weight excluding hydrogens is 376 g/mol. The highest BCUT2D eigenvalue weighted by Gasteiger charge is 2.19. The van der Waals surface area contributed by atoms with Gasteiger partial charge in [0.05, 0.1) is 11.9 Å². The van der Waals surface area contributed by atoms with Gasteiger partial charge in [-0.2, -0.15) is 0 Å². The van der Waals surface area contributed by atoms with E-state index in [1.807, 2.05) is 44.2 Å². The van der Waals surface area contributed by atoms with Gasteiger partial charge in [0.1, 0.15) is 17.8 Å². The summed E-state index contributed by atoms with van der Waals surface area (Å²) < 4.78 is 7.47. The number of hydrogen-bond acceptors (Lipinski definition) is 5. The van der Waals surface area contributed by atoms with Gasteiger partial charge in [-0.15, -0.1) is 0 Å². The lowest BCUT2D eigenvalue weighted by molar-refractivity contribution is 0.495. The van der Waals surface area contributed by atoms with Crippen molar-refractivity contribution in [1.29, 1.82) is 0 Å². The van der Waals surface area contributed by atoms with E-state index in [0.717, 1.165) is 41.8 Å². The normalized spacial score (nSPS) is 16.0. The summed E-state index contributed by atoms with van der Waals surface area (Å²) in [5.74, 6) is 1.89. The quantitative estimate of drug-likeness (QED) is 0.514. The number of nitrogens with zero attached hydrogens (tertiary/aromatic N) is 4. The van der Waals surface area contributed by atoms with Crippen LogP contribution in [0.1, 0.15) is 41.6 Å². The van der Waals surface area contributed by atoms with Crippen LogP contribution < -0.4 is 5.56 Å². The maximum absolute atomic E-state index is 13.2. The number of aromatic nitrogens is 4. The van der Waals surface area contributed by atoms with Crippen molar-refractivity contribution in [3.05, 3.63) is 75.3 Å². The number of hydrogen-bond donors (Lipinski definition) is 0. The summed E-state index contributed by atoms with van der Waals surface area (Å²) in [5.41, 5.74) is 5.50. The van der Waals surface area contributed by atoms with Crippen molar-refractivity contribution in [3.63, 3.8) is 0 Å². The molecule has 4 aromatic rings. The van der Waals surface area contributed by atoms with Crippen molar-refractivity contribution in [1.82, 2.24) is 19.5 Å².